The number of H-pyrrole nitrogens is 1. The van der Waals surface area contributed by atoms with Crippen molar-refractivity contribution in [2.24, 2.45) is 0 Å². The second-order valence-corrected chi connectivity index (χ2v) is 5.25. The van der Waals surface area contributed by atoms with Gasteiger partial charge in [-0.25, -0.2) is 4.79 Å². The van der Waals surface area contributed by atoms with Crippen molar-refractivity contribution in [1.82, 2.24) is 14.9 Å². The van der Waals surface area contributed by atoms with E-state index in [-0.39, 0.29) is 13.2 Å². The Morgan fingerprint density at radius 1 is 1.15 bits per heavy atom. The fourth-order valence-corrected chi connectivity index (χ4v) is 2.04. The number of amides is 1. The van der Waals surface area contributed by atoms with Gasteiger partial charge in [-0.05, 0) is 12.1 Å². The lowest BCUT2D eigenvalue weighted by Gasteiger charge is -2.11. The van der Waals surface area contributed by atoms with E-state index in [0.29, 0.717) is 11.5 Å². The van der Waals surface area contributed by atoms with Gasteiger partial charge in [0, 0.05) is 12.3 Å². The molecule has 144 valence electrons. The van der Waals surface area contributed by atoms with Crippen molar-refractivity contribution in [2.45, 2.75) is 6.54 Å². The highest BCUT2D eigenvalue weighted by molar-refractivity contribution is 5.80. The van der Waals surface area contributed by atoms with Crippen molar-refractivity contribution in [1.29, 1.82) is 0 Å². The van der Waals surface area contributed by atoms with E-state index in [0.717, 1.165) is 16.8 Å². The maximum Gasteiger partial charge on any atom is 0.328 e. The molecule has 0 fully saturated rings. The number of ether oxygens (including phenoxy) is 3. The number of hydrogen-bond donors (Lipinski definition) is 2. The number of esters is 1. The second kappa shape index (κ2) is 9.80. The number of rotatable bonds is 9. The van der Waals surface area contributed by atoms with Crippen molar-refractivity contribution in [3.63, 3.8) is 0 Å². The van der Waals surface area contributed by atoms with Crippen LogP contribution in [0, 0.1) is 0 Å². The topological polar surface area (TPSA) is 129 Å². The van der Waals surface area contributed by atoms with Crippen LogP contribution in [-0.4, -0.2) is 48.3 Å². The minimum absolute atomic E-state index is 0.201. The molecule has 0 unspecified atom stereocenters. The molecule has 0 saturated heterocycles. The molecule has 1 aromatic heterocycles. The molecule has 0 saturated carbocycles. The molecule has 0 aliphatic rings. The number of nitrogens with one attached hydrogen (secondary N) is 2. The Morgan fingerprint density at radius 2 is 1.89 bits per heavy atom. The molecule has 0 atom stereocenters. The minimum Gasteiger partial charge on any atom is -0.493 e. The first-order valence-corrected chi connectivity index (χ1v) is 7.97. The third-order valence-corrected chi connectivity index (χ3v) is 3.31. The van der Waals surface area contributed by atoms with Crippen molar-refractivity contribution < 1.29 is 23.8 Å². The van der Waals surface area contributed by atoms with E-state index in [2.05, 4.69) is 5.32 Å². The normalized spacial score (nSPS) is 10.1. The number of aromatic nitrogens is 2. The summed E-state index contributed by atoms with van der Waals surface area (Å²) in [7, 11) is 1.53. The summed E-state index contributed by atoms with van der Waals surface area (Å²) in [6, 6.07) is 8.19. The quantitative estimate of drug-likeness (QED) is 0.436. The lowest BCUT2D eigenvalue weighted by atomic mass is 10.3. The SMILES string of the molecule is COc1ccccc1OCCNC(=O)COC(=O)Cn1ccc(=O)[nH]c1=O. The van der Waals surface area contributed by atoms with Crippen LogP contribution in [0.25, 0.3) is 0 Å². The average molecular weight is 377 g/mol. The summed E-state index contributed by atoms with van der Waals surface area (Å²) in [6.07, 6.45) is 1.16. The molecule has 10 heteroatoms. The highest BCUT2D eigenvalue weighted by atomic mass is 16.5. The summed E-state index contributed by atoms with van der Waals surface area (Å²) in [6.45, 7) is -0.508. The fraction of sp³-hybridized carbons (Fsp3) is 0.294. The summed E-state index contributed by atoms with van der Waals surface area (Å²) in [5.74, 6) is -0.173. The molecule has 10 nitrogen and oxygen atoms in total. The smallest absolute Gasteiger partial charge is 0.328 e. The van der Waals surface area contributed by atoms with E-state index in [1.807, 2.05) is 11.1 Å². The number of carbonyl (C=O) groups is 2. The summed E-state index contributed by atoms with van der Waals surface area (Å²) < 4.78 is 16.4. The molecule has 0 aliphatic carbocycles. The zero-order chi connectivity index (χ0) is 19.6. The maximum atomic E-state index is 11.7. The van der Waals surface area contributed by atoms with Crippen LogP contribution in [0.5, 0.6) is 11.5 Å². The fourth-order valence-electron chi connectivity index (χ4n) is 2.04. The van der Waals surface area contributed by atoms with Gasteiger partial charge in [0.15, 0.2) is 18.1 Å². The molecule has 2 N–H and O–H groups in total. The highest BCUT2D eigenvalue weighted by Gasteiger charge is 2.09. The lowest BCUT2D eigenvalue weighted by molar-refractivity contribution is -0.149. The molecule has 2 rings (SSSR count). The summed E-state index contributed by atoms with van der Waals surface area (Å²) >= 11 is 0. The number of aromatic amines is 1. The molecule has 0 bridgehead atoms. The highest BCUT2D eigenvalue weighted by Crippen LogP contribution is 2.25. The average Bonchev–Trinajstić information content (AvgIpc) is 2.66. The second-order valence-electron chi connectivity index (χ2n) is 5.25. The van der Waals surface area contributed by atoms with Crippen LogP contribution in [0.1, 0.15) is 0 Å². The minimum atomic E-state index is -0.787. The van der Waals surface area contributed by atoms with Crippen LogP contribution >= 0.6 is 0 Å². The van der Waals surface area contributed by atoms with E-state index < -0.39 is 36.3 Å². The molecule has 1 heterocycles. The third kappa shape index (κ3) is 6.34. The molecule has 0 radical (unpaired) electrons. The van der Waals surface area contributed by atoms with Gasteiger partial charge in [-0.3, -0.25) is 23.9 Å². The number of hydrogen-bond acceptors (Lipinski definition) is 7. The van der Waals surface area contributed by atoms with Gasteiger partial charge in [0.1, 0.15) is 13.2 Å². The van der Waals surface area contributed by atoms with Gasteiger partial charge >= 0.3 is 11.7 Å². The Bertz CT molecular complexity index is 904. The van der Waals surface area contributed by atoms with Gasteiger partial charge in [-0.2, -0.15) is 0 Å². The number of benzene rings is 1. The van der Waals surface area contributed by atoms with Crippen LogP contribution in [0.15, 0.2) is 46.1 Å². The predicted octanol–water partition coefficient (Wildman–Crippen LogP) is -0.716. The van der Waals surface area contributed by atoms with E-state index in [1.54, 1.807) is 18.2 Å². The van der Waals surface area contributed by atoms with Crippen molar-refractivity contribution in [3.8, 4) is 11.5 Å². The largest absolute Gasteiger partial charge is 0.493 e. The Labute approximate surface area is 153 Å². The number of para-hydroxylation sites is 2. The van der Waals surface area contributed by atoms with Gasteiger partial charge < -0.3 is 19.5 Å². The van der Waals surface area contributed by atoms with Crippen molar-refractivity contribution in [3.05, 3.63) is 57.4 Å². The first-order valence-electron chi connectivity index (χ1n) is 7.97. The third-order valence-electron chi connectivity index (χ3n) is 3.31. The van der Waals surface area contributed by atoms with Crippen LogP contribution in [0.3, 0.4) is 0 Å². The van der Waals surface area contributed by atoms with E-state index >= 15 is 0 Å². The number of carbonyl (C=O) groups excluding carboxylic acids is 2. The van der Waals surface area contributed by atoms with Gasteiger partial charge in [-0.1, -0.05) is 12.1 Å². The van der Waals surface area contributed by atoms with E-state index in [4.69, 9.17) is 14.2 Å². The van der Waals surface area contributed by atoms with Gasteiger partial charge in [0.05, 0.1) is 13.7 Å². The molecule has 27 heavy (non-hydrogen) atoms. The molecule has 2 aromatic rings. The van der Waals surface area contributed by atoms with Crippen molar-refractivity contribution >= 4 is 11.9 Å². The zero-order valence-corrected chi connectivity index (χ0v) is 14.6. The van der Waals surface area contributed by atoms with E-state index in [1.165, 1.54) is 7.11 Å². The van der Waals surface area contributed by atoms with Crippen LogP contribution in [0.2, 0.25) is 0 Å². The zero-order valence-electron chi connectivity index (χ0n) is 14.6. The van der Waals surface area contributed by atoms with Crippen LogP contribution in [0.4, 0.5) is 0 Å². The number of methoxy groups -OCH3 is 1. The summed E-state index contributed by atoms with van der Waals surface area (Å²) in [5, 5.41) is 2.53. The molecule has 0 spiro atoms. The number of nitrogens with zero attached hydrogens (tertiary/aromatic N) is 1. The predicted molar refractivity (Wildman–Crippen MR) is 93.8 cm³/mol. The van der Waals surface area contributed by atoms with Crippen molar-refractivity contribution in [2.75, 3.05) is 26.9 Å². The molecular weight excluding hydrogens is 358 g/mol. The van der Waals surface area contributed by atoms with Gasteiger partial charge in [-0.15, -0.1) is 0 Å². The standard InChI is InChI=1S/C17H19N3O7/c1-25-12-4-2-3-5-13(12)26-9-7-18-15(22)11-27-16(23)10-20-8-6-14(21)19-17(20)24/h2-6,8H,7,9-11H2,1H3,(H,18,22)(H,19,21,24). The van der Waals surface area contributed by atoms with Crippen LogP contribution < -0.4 is 26.0 Å². The summed E-state index contributed by atoms with van der Waals surface area (Å²) in [5.41, 5.74) is -1.31. The van der Waals surface area contributed by atoms with Gasteiger partial charge in [0.25, 0.3) is 11.5 Å². The van der Waals surface area contributed by atoms with E-state index in [9.17, 15) is 19.2 Å². The van der Waals surface area contributed by atoms with Gasteiger partial charge in [0.2, 0.25) is 0 Å². The molecule has 1 amide bonds. The molecule has 1 aromatic carbocycles. The maximum absolute atomic E-state index is 11.7. The molecule has 0 aliphatic heterocycles. The Morgan fingerprint density at radius 3 is 2.59 bits per heavy atom. The molecular formula is C17H19N3O7. The lowest BCUT2D eigenvalue weighted by Crippen LogP contribution is -2.34. The Balaban J connectivity index is 1.67. The Hall–Kier alpha value is -3.56. The monoisotopic (exact) mass is 377 g/mol. The summed E-state index contributed by atoms with van der Waals surface area (Å²) in [4.78, 5) is 47.7. The Kier molecular flexibility index (Phi) is 7.17. The first-order chi connectivity index (χ1) is 13.0. The van der Waals surface area contributed by atoms with Crippen LogP contribution in [-0.2, 0) is 20.9 Å². The first kappa shape index (κ1) is 19.8.